The van der Waals surface area contributed by atoms with Crippen molar-refractivity contribution in [3.8, 4) is 11.5 Å². The van der Waals surface area contributed by atoms with Gasteiger partial charge in [0.25, 0.3) is 0 Å². The normalized spacial score (nSPS) is 26.5. The minimum atomic E-state index is 0.576. The Hall–Kier alpha value is -1.22. The smallest absolute Gasteiger partial charge is 0.161 e. The molecule has 0 unspecified atom stereocenters. The second-order valence-corrected chi connectivity index (χ2v) is 5.84. The van der Waals surface area contributed by atoms with Gasteiger partial charge in [-0.1, -0.05) is 6.92 Å². The quantitative estimate of drug-likeness (QED) is 0.817. The van der Waals surface area contributed by atoms with E-state index in [0.717, 1.165) is 23.8 Å². The molecule has 0 bridgehead atoms. The Kier molecular flexibility index (Phi) is 3.40. The van der Waals surface area contributed by atoms with Crippen molar-refractivity contribution in [2.75, 3.05) is 27.3 Å². The standard InChI is InChI=1S/C16H23NO2/c1-11-4-6-17-7-5-12-9-15(18-2)16(19-3)10-13(12)14(17)8-11/h9-11,14H,4-8H2,1-3H3/t11-,14-/m1/s1. The Labute approximate surface area is 115 Å². The molecule has 0 saturated carbocycles. The van der Waals surface area contributed by atoms with Crippen molar-refractivity contribution in [3.05, 3.63) is 23.3 Å². The van der Waals surface area contributed by atoms with Crippen molar-refractivity contribution in [3.63, 3.8) is 0 Å². The Morgan fingerprint density at radius 2 is 1.84 bits per heavy atom. The largest absolute Gasteiger partial charge is 0.493 e. The van der Waals surface area contributed by atoms with E-state index in [1.165, 1.54) is 37.1 Å². The molecule has 1 fully saturated rings. The van der Waals surface area contributed by atoms with Crippen LogP contribution in [0.25, 0.3) is 0 Å². The van der Waals surface area contributed by atoms with E-state index in [0.29, 0.717) is 6.04 Å². The monoisotopic (exact) mass is 261 g/mol. The third-order valence-electron chi connectivity index (χ3n) is 4.65. The van der Waals surface area contributed by atoms with Crippen LogP contribution in [0.3, 0.4) is 0 Å². The molecule has 0 N–H and O–H groups in total. The van der Waals surface area contributed by atoms with Crippen molar-refractivity contribution in [2.24, 2.45) is 5.92 Å². The van der Waals surface area contributed by atoms with E-state index in [4.69, 9.17) is 9.47 Å². The van der Waals surface area contributed by atoms with Crippen molar-refractivity contribution in [1.29, 1.82) is 0 Å². The lowest BCUT2D eigenvalue weighted by atomic mass is 9.82. The van der Waals surface area contributed by atoms with Crippen molar-refractivity contribution in [2.45, 2.75) is 32.2 Å². The Balaban J connectivity index is 2.01. The van der Waals surface area contributed by atoms with Gasteiger partial charge in [-0.15, -0.1) is 0 Å². The molecule has 104 valence electrons. The predicted molar refractivity (Wildman–Crippen MR) is 76.0 cm³/mol. The summed E-state index contributed by atoms with van der Waals surface area (Å²) in [6.45, 7) is 4.78. The molecule has 3 heteroatoms. The van der Waals surface area contributed by atoms with Crippen LogP contribution < -0.4 is 9.47 Å². The molecule has 1 aromatic rings. The number of fused-ring (bicyclic) bond motifs is 3. The first-order chi connectivity index (χ1) is 9.22. The number of nitrogens with zero attached hydrogens (tertiary/aromatic N) is 1. The molecule has 3 rings (SSSR count). The maximum atomic E-state index is 5.47. The van der Waals surface area contributed by atoms with Gasteiger partial charge in [0, 0.05) is 12.6 Å². The van der Waals surface area contributed by atoms with Gasteiger partial charge in [0.15, 0.2) is 11.5 Å². The molecular formula is C16H23NO2. The first kappa shape index (κ1) is 12.8. The fraction of sp³-hybridized carbons (Fsp3) is 0.625. The van der Waals surface area contributed by atoms with E-state index in [1.54, 1.807) is 14.2 Å². The second kappa shape index (κ2) is 5.04. The average Bonchev–Trinajstić information content (AvgIpc) is 2.45. The van der Waals surface area contributed by atoms with Crippen molar-refractivity contribution in [1.82, 2.24) is 4.90 Å². The fourth-order valence-corrected chi connectivity index (χ4v) is 3.51. The van der Waals surface area contributed by atoms with Crippen LogP contribution in [0, 0.1) is 5.92 Å². The third kappa shape index (κ3) is 2.20. The summed E-state index contributed by atoms with van der Waals surface area (Å²) in [4.78, 5) is 2.63. The number of methoxy groups -OCH3 is 2. The minimum absolute atomic E-state index is 0.576. The van der Waals surface area contributed by atoms with Gasteiger partial charge < -0.3 is 9.47 Å². The van der Waals surface area contributed by atoms with Crippen LogP contribution in [0.4, 0.5) is 0 Å². The number of piperidine rings is 1. The molecule has 1 aromatic carbocycles. The number of rotatable bonds is 2. The van der Waals surface area contributed by atoms with Crippen LogP contribution >= 0.6 is 0 Å². The first-order valence-electron chi connectivity index (χ1n) is 7.21. The maximum absolute atomic E-state index is 5.47. The molecule has 3 nitrogen and oxygen atoms in total. The lowest BCUT2D eigenvalue weighted by Crippen LogP contribution is -2.40. The Morgan fingerprint density at radius 1 is 1.11 bits per heavy atom. The van der Waals surface area contributed by atoms with E-state index >= 15 is 0 Å². The highest BCUT2D eigenvalue weighted by Gasteiger charge is 2.32. The van der Waals surface area contributed by atoms with Gasteiger partial charge in [0.05, 0.1) is 14.2 Å². The lowest BCUT2D eigenvalue weighted by molar-refractivity contribution is 0.109. The van der Waals surface area contributed by atoms with Gasteiger partial charge in [-0.2, -0.15) is 0 Å². The summed E-state index contributed by atoms with van der Waals surface area (Å²) in [6, 6.07) is 4.95. The Morgan fingerprint density at radius 3 is 2.58 bits per heavy atom. The number of benzene rings is 1. The van der Waals surface area contributed by atoms with Gasteiger partial charge >= 0.3 is 0 Å². The lowest BCUT2D eigenvalue weighted by Gasteiger charge is -2.43. The molecule has 2 aliphatic rings. The van der Waals surface area contributed by atoms with E-state index < -0.39 is 0 Å². The summed E-state index contributed by atoms with van der Waals surface area (Å²) in [7, 11) is 3.43. The van der Waals surface area contributed by atoms with E-state index in [2.05, 4.69) is 24.0 Å². The molecule has 2 heterocycles. The van der Waals surface area contributed by atoms with Gasteiger partial charge in [0.2, 0.25) is 0 Å². The van der Waals surface area contributed by atoms with Crippen LogP contribution in [0.1, 0.15) is 36.9 Å². The molecule has 2 aliphatic heterocycles. The summed E-state index contributed by atoms with van der Waals surface area (Å²) >= 11 is 0. The summed E-state index contributed by atoms with van der Waals surface area (Å²) in [5, 5.41) is 0. The fourth-order valence-electron chi connectivity index (χ4n) is 3.51. The van der Waals surface area contributed by atoms with E-state index in [-0.39, 0.29) is 0 Å². The molecule has 0 spiro atoms. The van der Waals surface area contributed by atoms with Crippen LogP contribution in [-0.4, -0.2) is 32.2 Å². The van der Waals surface area contributed by atoms with Gasteiger partial charge in [0.1, 0.15) is 0 Å². The van der Waals surface area contributed by atoms with E-state index in [1.807, 2.05) is 0 Å². The topological polar surface area (TPSA) is 21.7 Å². The molecule has 2 atom stereocenters. The molecule has 0 amide bonds. The number of hydrogen-bond acceptors (Lipinski definition) is 3. The summed E-state index contributed by atoms with van der Waals surface area (Å²) in [5.74, 6) is 2.54. The Bertz CT molecular complexity index is 472. The van der Waals surface area contributed by atoms with E-state index in [9.17, 15) is 0 Å². The zero-order chi connectivity index (χ0) is 13.4. The molecule has 0 radical (unpaired) electrons. The molecular weight excluding hydrogens is 238 g/mol. The second-order valence-electron chi connectivity index (χ2n) is 5.84. The summed E-state index contributed by atoms with van der Waals surface area (Å²) in [5.41, 5.74) is 2.89. The highest BCUT2D eigenvalue weighted by atomic mass is 16.5. The summed E-state index contributed by atoms with van der Waals surface area (Å²) < 4.78 is 10.9. The average molecular weight is 261 g/mol. The zero-order valence-corrected chi connectivity index (χ0v) is 12.1. The SMILES string of the molecule is COc1cc2c(cc1OC)[C@H]1C[C@H](C)CCN1CC2. The number of hydrogen-bond donors (Lipinski definition) is 0. The van der Waals surface area contributed by atoms with Crippen LogP contribution in [0.15, 0.2) is 12.1 Å². The summed E-state index contributed by atoms with van der Waals surface area (Å²) in [6.07, 6.45) is 3.72. The van der Waals surface area contributed by atoms with Crippen LogP contribution in [-0.2, 0) is 6.42 Å². The molecule has 0 aliphatic carbocycles. The van der Waals surface area contributed by atoms with Gasteiger partial charge in [-0.3, -0.25) is 4.90 Å². The van der Waals surface area contributed by atoms with Crippen molar-refractivity contribution >= 4 is 0 Å². The third-order valence-corrected chi connectivity index (χ3v) is 4.65. The zero-order valence-electron chi connectivity index (χ0n) is 12.1. The highest BCUT2D eigenvalue weighted by Crippen LogP contribution is 2.42. The predicted octanol–water partition coefficient (Wildman–Crippen LogP) is 3.03. The molecule has 0 aromatic heterocycles. The van der Waals surface area contributed by atoms with Gasteiger partial charge in [-0.25, -0.2) is 0 Å². The number of ether oxygens (including phenoxy) is 2. The first-order valence-corrected chi connectivity index (χ1v) is 7.21. The van der Waals surface area contributed by atoms with Crippen LogP contribution in [0.2, 0.25) is 0 Å². The highest BCUT2D eigenvalue weighted by molar-refractivity contribution is 5.49. The maximum Gasteiger partial charge on any atom is 0.161 e. The molecule has 1 saturated heterocycles. The minimum Gasteiger partial charge on any atom is -0.493 e. The van der Waals surface area contributed by atoms with Gasteiger partial charge in [-0.05, 0) is 55.0 Å². The van der Waals surface area contributed by atoms with Crippen molar-refractivity contribution < 1.29 is 9.47 Å². The molecule has 19 heavy (non-hydrogen) atoms. The van der Waals surface area contributed by atoms with Crippen LogP contribution in [0.5, 0.6) is 11.5 Å².